The van der Waals surface area contributed by atoms with Gasteiger partial charge in [0.2, 0.25) is 0 Å². The predicted molar refractivity (Wildman–Crippen MR) is 89.7 cm³/mol. The number of nitrogens with zero attached hydrogens (tertiary/aromatic N) is 1. The van der Waals surface area contributed by atoms with Crippen LogP contribution in [0.3, 0.4) is 0 Å². The fourth-order valence-electron chi connectivity index (χ4n) is 3.22. The molecule has 1 heterocycles. The van der Waals surface area contributed by atoms with Gasteiger partial charge in [0.15, 0.2) is 0 Å². The zero-order chi connectivity index (χ0) is 14.5. The minimum atomic E-state index is 0.349. The van der Waals surface area contributed by atoms with Crippen LogP contribution in [0.15, 0.2) is 30.3 Å². The van der Waals surface area contributed by atoms with E-state index < -0.39 is 0 Å². The Bertz CT molecular complexity index is 422. The van der Waals surface area contributed by atoms with E-state index in [1.165, 1.54) is 18.4 Å². The molecule has 1 saturated heterocycles. The van der Waals surface area contributed by atoms with E-state index in [0.717, 1.165) is 31.3 Å². The Kier molecular flexibility index (Phi) is 5.55. The SMILES string of the molecule is CC(C)C1CCN(C(CC(N)=S)c2ccccc2)CC1. The van der Waals surface area contributed by atoms with E-state index in [1.54, 1.807) is 0 Å². The van der Waals surface area contributed by atoms with E-state index in [9.17, 15) is 0 Å². The standard InChI is InChI=1S/C17H26N2S/c1-13(2)14-8-10-19(11-9-14)16(12-17(18)20)15-6-4-3-5-7-15/h3-7,13-14,16H,8-12H2,1-2H3,(H2,18,20). The average molecular weight is 290 g/mol. The molecule has 0 radical (unpaired) electrons. The molecule has 0 amide bonds. The molecular formula is C17H26N2S. The molecule has 1 fully saturated rings. The smallest absolute Gasteiger partial charge is 0.0746 e. The highest BCUT2D eigenvalue weighted by Crippen LogP contribution is 2.31. The lowest BCUT2D eigenvalue weighted by Gasteiger charge is -2.39. The molecule has 0 spiro atoms. The molecule has 3 heteroatoms. The van der Waals surface area contributed by atoms with Crippen molar-refractivity contribution in [1.29, 1.82) is 0 Å². The van der Waals surface area contributed by atoms with Crippen LogP contribution in [0.4, 0.5) is 0 Å². The van der Waals surface area contributed by atoms with Crippen LogP contribution in [-0.2, 0) is 0 Å². The Labute approximate surface area is 128 Å². The number of hydrogen-bond acceptors (Lipinski definition) is 2. The summed E-state index contributed by atoms with van der Waals surface area (Å²) in [4.78, 5) is 3.18. The van der Waals surface area contributed by atoms with Gasteiger partial charge >= 0.3 is 0 Å². The topological polar surface area (TPSA) is 29.3 Å². The molecule has 1 aromatic carbocycles. The van der Waals surface area contributed by atoms with Gasteiger partial charge in [0.1, 0.15) is 0 Å². The lowest BCUT2D eigenvalue weighted by molar-refractivity contribution is 0.117. The maximum Gasteiger partial charge on any atom is 0.0746 e. The van der Waals surface area contributed by atoms with Gasteiger partial charge in [0.05, 0.1) is 4.99 Å². The number of hydrogen-bond donors (Lipinski definition) is 1. The van der Waals surface area contributed by atoms with Crippen molar-refractivity contribution in [2.75, 3.05) is 13.1 Å². The van der Waals surface area contributed by atoms with Crippen molar-refractivity contribution in [3.8, 4) is 0 Å². The quantitative estimate of drug-likeness (QED) is 0.837. The molecule has 1 aliphatic heterocycles. The molecule has 1 atom stereocenters. The van der Waals surface area contributed by atoms with Crippen LogP contribution >= 0.6 is 12.2 Å². The fraction of sp³-hybridized carbons (Fsp3) is 0.588. The number of benzene rings is 1. The summed E-state index contributed by atoms with van der Waals surface area (Å²) in [5.74, 6) is 1.66. The first-order valence-corrected chi connectivity index (χ1v) is 8.06. The van der Waals surface area contributed by atoms with Crippen molar-refractivity contribution in [3.63, 3.8) is 0 Å². The molecular weight excluding hydrogens is 264 g/mol. The molecule has 0 aliphatic carbocycles. The first-order chi connectivity index (χ1) is 9.58. The van der Waals surface area contributed by atoms with E-state index in [-0.39, 0.29) is 0 Å². The third-order valence-electron chi connectivity index (χ3n) is 4.54. The van der Waals surface area contributed by atoms with Crippen molar-refractivity contribution in [3.05, 3.63) is 35.9 Å². The van der Waals surface area contributed by atoms with Crippen LogP contribution in [0.5, 0.6) is 0 Å². The van der Waals surface area contributed by atoms with Crippen LogP contribution in [0, 0.1) is 11.8 Å². The van der Waals surface area contributed by atoms with Gasteiger partial charge < -0.3 is 5.73 Å². The van der Waals surface area contributed by atoms with Crippen molar-refractivity contribution in [2.45, 2.75) is 39.2 Å². The van der Waals surface area contributed by atoms with Gasteiger partial charge in [-0.3, -0.25) is 4.90 Å². The molecule has 0 saturated carbocycles. The van der Waals surface area contributed by atoms with E-state index in [1.807, 2.05) is 0 Å². The van der Waals surface area contributed by atoms with Crippen LogP contribution < -0.4 is 5.73 Å². The third kappa shape index (κ3) is 4.03. The number of rotatable bonds is 5. The Morgan fingerprint density at radius 1 is 1.25 bits per heavy atom. The molecule has 2 rings (SSSR count). The first-order valence-electron chi connectivity index (χ1n) is 7.65. The van der Waals surface area contributed by atoms with Crippen LogP contribution in [0.1, 0.15) is 44.7 Å². The Morgan fingerprint density at radius 2 is 1.85 bits per heavy atom. The Hall–Kier alpha value is -0.930. The maximum absolute atomic E-state index is 5.82. The van der Waals surface area contributed by atoms with E-state index >= 15 is 0 Å². The molecule has 1 aromatic rings. The number of thiocarbonyl (C=S) groups is 1. The van der Waals surface area contributed by atoms with E-state index in [2.05, 4.69) is 49.1 Å². The van der Waals surface area contributed by atoms with Gasteiger partial charge in [-0.05, 0) is 43.3 Å². The summed E-state index contributed by atoms with van der Waals surface area (Å²) in [5.41, 5.74) is 7.15. The fourth-order valence-corrected chi connectivity index (χ4v) is 3.38. The van der Waals surface area contributed by atoms with Crippen LogP contribution in [0.2, 0.25) is 0 Å². The molecule has 20 heavy (non-hydrogen) atoms. The van der Waals surface area contributed by atoms with Gasteiger partial charge in [-0.15, -0.1) is 0 Å². The molecule has 1 aliphatic rings. The van der Waals surface area contributed by atoms with Crippen molar-refractivity contribution >= 4 is 17.2 Å². The summed E-state index contributed by atoms with van der Waals surface area (Å²) in [6.07, 6.45) is 3.36. The molecule has 2 nitrogen and oxygen atoms in total. The summed E-state index contributed by atoms with van der Waals surface area (Å²) in [7, 11) is 0. The first kappa shape index (κ1) is 15.5. The number of nitrogens with two attached hydrogens (primary N) is 1. The van der Waals surface area contributed by atoms with Crippen molar-refractivity contribution < 1.29 is 0 Å². The second kappa shape index (κ2) is 7.19. The van der Waals surface area contributed by atoms with Gasteiger partial charge in [0, 0.05) is 12.5 Å². The highest BCUT2D eigenvalue weighted by Gasteiger charge is 2.27. The summed E-state index contributed by atoms with van der Waals surface area (Å²) in [6.45, 7) is 6.99. The highest BCUT2D eigenvalue weighted by molar-refractivity contribution is 7.80. The lowest BCUT2D eigenvalue weighted by atomic mass is 9.85. The minimum Gasteiger partial charge on any atom is -0.393 e. The van der Waals surface area contributed by atoms with E-state index in [4.69, 9.17) is 18.0 Å². The summed E-state index contributed by atoms with van der Waals surface area (Å²) < 4.78 is 0. The summed E-state index contributed by atoms with van der Waals surface area (Å²) in [5, 5.41) is 0. The molecule has 1 unspecified atom stereocenters. The molecule has 0 aromatic heterocycles. The molecule has 0 bridgehead atoms. The normalized spacial score (nSPS) is 19.1. The second-order valence-electron chi connectivity index (χ2n) is 6.21. The second-order valence-corrected chi connectivity index (χ2v) is 6.74. The zero-order valence-corrected chi connectivity index (χ0v) is 13.4. The molecule has 2 N–H and O–H groups in total. The highest BCUT2D eigenvalue weighted by atomic mass is 32.1. The average Bonchev–Trinajstić information content (AvgIpc) is 2.45. The summed E-state index contributed by atoms with van der Waals surface area (Å²) >= 11 is 5.16. The molecule has 110 valence electrons. The van der Waals surface area contributed by atoms with E-state index in [0.29, 0.717) is 11.0 Å². The Morgan fingerprint density at radius 3 is 2.35 bits per heavy atom. The minimum absolute atomic E-state index is 0.349. The lowest BCUT2D eigenvalue weighted by Crippen LogP contribution is -2.39. The number of piperidine rings is 1. The van der Waals surface area contributed by atoms with Gasteiger partial charge in [0.25, 0.3) is 0 Å². The summed E-state index contributed by atoms with van der Waals surface area (Å²) in [6, 6.07) is 11.0. The van der Waals surface area contributed by atoms with Gasteiger partial charge in [-0.2, -0.15) is 0 Å². The predicted octanol–water partition coefficient (Wildman–Crippen LogP) is 3.77. The largest absolute Gasteiger partial charge is 0.393 e. The van der Waals surface area contributed by atoms with Crippen LogP contribution in [0.25, 0.3) is 0 Å². The van der Waals surface area contributed by atoms with Gasteiger partial charge in [-0.25, -0.2) is 0 Å². The van der Waals surface area contributed by atoms with Crippen molar-refractivity contribution in [2.24, 2.45) is 17.6 Å². The zero-order valence-electron chi connectivity index (χ0n) is 12.6. The number of likely N-dealkylation sites (tertiary alicyclic amines) is 1. The van der Waals surface area contributed by atoms with Gasteiger partial charge in [-0.1, -0.05) is 56.4 Å². The van der Waals surface area contributed by atoms with Crippen LogP contribution in [-0.4, -0.2) is 23.0 Å². The monoisotopic (exact) mass is 290 g/mol. The Balaban J connectivity index is 2.07. The third-order valence-corrected chi connectivity index (χ3v) is 4.70. The van der Waals surface area contributed by atoms with Crippen molar-refractivity contribution in [1.82, 2.24) is 4.90 Å². The maximum atomic E-state index is 5.82.